The number of thiazole rings is 1. The van der Waals surface area contributed by atoms with Gasteiger partial charge in [0.2, 0.25) is 0 Å². The lowest BCUT2D eigenvalue weighted by atomic mass is 10.1. The Hall–Kier alpha value is -2.97. The second-order valence-corrected chi connectivity index (χ2v) is 9.31. The molecule has 8 heteroatoms. The van der Waals surface area contributed by atoms with Crippen LogP contribution in [0.1, 0.15) is 29.6 Å². The lowest BCUT2D eigenvalue weighted by Crippen LogP contribution is -2.48. The Morgan fingerprint density at radius 1 is 1.03 bits per heavy atom. The van der Waals surface area contributed by atoms with Crippen LogP contribution in [-0.2, 0) is 0 Å². The summed E-state index contributed by atoms with van der Waals surface area (Å²) in [6.45, 7) is 2.23. The number of hydrogen-bond acceptors (Lipinski definition) is 6. The third-order valence-corrected chi connectivity index (χ3v) is 7.16. The summed E-state index contributed by atoms with van der Waals surface area (Å²) < 4.78 is 6.65. The molecule has 0 radical (unpaired) electrons. The van der Waals surface area contributed by atoms with E-state index in [-0.39, 0.29) is 18.3 Å². The van der Waals surface area contributed by atoms with Gasteiger partial charge in [0.25, 0.3) is 5.91 Å². The fourth-order valence-corrected chi connectivity index (χ4v) is 5.37. The summed E-state index contributed by atoms with van der Waals surface area (Å²) in [5.41, 5.74) is 7.09. The van der Waals surface area contributed by atoms with Gasteiger partial charge in [-0.2, -0.15) is 0 Å². The first-order valence-electron chi connectivity index (χ1n) is 11.6. The van der Waals surface area contributed by atoms with Gasteiger partial charge in [0.15, 0.2) is 5.13 Å². The molecule has 0 spiro atoms. The third kappa shape index (κ3) is 5.49. The van der Waals surface area contributed by atoms with Gasteiger partial charge in [0.1, 0.15) is 11.3 Å². The van der Waals surface area contributed by atoms with Crippen LogP contribution in [0.2, 0.25) is 0 Å². The summed E-state index contributed by atoms with van der Waals surface area (Å²) in [4.78, 5) is 20.4. The van der Waals surface area contributed by atoms with Crippen LogP contribution < -0.4 is 15.1 Å². The number of anilines is 1. The fourth-order valence-electron chi connectivity index (χ4n) is 4.26. The highest BCUT2D eigenvalue weighted by Gasteiger charge is 2.26. The van der Waals surface area contributed by atoms with Crippen LogP contribution >= 0.6 is 23.7 Å². The molecule has 0 saturated carbocycles. The molecular formula is C27H29ClN4O2S. The number of fused-ring (bicyclic) bond motifs is 1. The predicted octanol–water partition coefficient (Wildman–Crippen LogP) is 5.99. The average molecular weight is 509 g/mol. The van der Waals surface area contributed by atoms with Crippen molar-refractivity contribution in [2.45, 2.75) is 19.3 Å². The van der Waals surface area contributed by atoms with Crippen molar-refractivity contribution in [2.24, 2.45) is 0 Å². The number of carbonyl (C=O) groups is 1. The van der Waals surface area contributed by atoms with Crippen molar-refractivity contribution < 1.29 is 9.53 Å². The monoisotopic (exact) mass is 508 g/mol. The van der Waals surface area contributed by atoms with Crippen LogP contribution in [-0.4, -0.2) is 42.8 Å². The number of aromatic nitrogens is 1. The first-order chi connectivity index (χ1) is 16.7. The van der Waals surface area contributed by atoms with Gasteiger partial charge in [-0.25, -0.2) is 9.99 Å². The number of ether oxygens (including phenoxy) is 1. The van der Waals surface area contributed by atoms with Gasteiger partial charge in [-0.1, -0.05) is 66.3 Å². The van der Waals surface area contributed by atoms with Crippen LogP contribution in [0.15, 0.2) is 72.8 Å². The highest BCUT2D eigenvalue weighted by atomic mass is 35.5. The van der Waals surface area contributed by atoms with E-state index in [4.69, 9.17) is 9.72 Å². The molecule has 2 heterocycles. The fraction of sp³-hybridized carbons (Fsp3) is 0.259. The zero-order valence-corrected chi connectivity index (χ0v) is 21.3. The number of methoxy groups -OCH3 is 1. The Balaban J connectivity index is 0.00000289. The van der Waals surface area contributed by atoms with Crippen molar-refractivity contribution >= 4 is 45.0 Å². The molecule has 0 atom stereocenters. The van der Waals surface area contributed by atoms with E-state index in [1.165, 1.54) is 17.8 Å². The minimum Gasteiger partial charge on any atom is -0.494 e. The highest BCUT2D eigenvalue weighted by molar-refractivity contribution is 7.23. The SMILES string of the molecule is COc1ccc(-c2ccccc2)c2sc(N(CN3CCCCCN3)C(=O)c3ccccc3)nc12.Cl. The molecule has 35 heavy (non-hydrogen) atoms. The second kappa shape index (κ2) is 11.6. The van der Waals surface area contributed by atoms with Gasteiger partial charge in [0.05, 0.1) is 18.5 Å². The molecule has 0 unspecified atom stereocenters. The maximum absolute atomic E-state index is 13.7. The van der Waals surface area contributed by atoms with Crippen molar-refractivity contribution in [2.75, 3.05) is 31.8 Å². The van der Waals surface area contributed by atoms with Gasteiger partial charge in [-0.05, 0) is 42.7 Å². The maximum Gasteiger partial charge on any atom is 0.261 e. The molecule has 3 aromatic carbocycles. The number of hydrazine groups is 1. The highest BCUT2D eigenvalue weighted by Crippen LogP contribution is 2.41. The minimum absolute atomic E-state index is 0. The van der Waals surface area contributed by atoms with E-state index in [0.29, 0.717) is 23.1 Å². The Morgan fingerprint density at radius 3 is 2.51 bits per heavy atom. The van der Waals surface area contributed by atoms with Crippen LogP contribution in [0.4, 0.5) is 5.13 Å². The smallest absolute Gasteiger partial charge is 0.261 e. The molecule has 1 aliphatic rings. The van der Waals surface area contributed by atoms with E-state index in [1.54, 1.807) is 12.0 Å². The van der Waals surface area contributed by atoms with E-state index >= 15 is 0 Å². The third-order valence-electron chi connectivity index (χ3n) is 6.05. The van der Waals surface area contributed by atoms with E-state index in [2.05, 4.69) is 28.6 Å². The Kier molecular flexibility index (Phi) is 8.36. The van der Waals surface area contributed by atoms with Crippen molar-refractivity contribution in [3.05, 3.63) is 78.4 Å². The molecule has 1 aliphatic heterocycles. The normalized spacial score (nSPS) is 14.2. The van der Waals surface area contributed by atoms with Crippen molar-refractivity contribution in [1.29, 1.82) is 0 Å². The molecular weight excluding hydrogens is 480 g/mol. The lowest BCUT2D eigenvalue weighted by molar-refractivity contribution is 0.0952. The van der Waals surface area contributed by atoms with Crippen LogP contribution in [0, 0.1) is 0 Å². The van der Waals surface area contributed by atoms with E-state index < -0.39 is 0 Å². The molecule has 5 rings (SSSR count). The van der Waals surface area contributed by atoms with Gasteiger partial charge < -0.3 is 4.74 Å². The summed E-state index contributed by atoms with van der Waals surface area (Å²) in [6, 6.07) is 23.7. The lowest BCUT2D eigenvalue weighted by Gasteiger charge is -2.28. The van der Waals surface area contributed by atoms with Gasteiger partial charge in [0, 0.05) is 24.2 Å². The number of nitrogens with zero attached hydrogens (tertiary/aromatic N) is 3. The van der Waals surface area contributed by atoms with Gasteiger partial charge >= 0.3 is 0 Å². The molecule has 182 valence electrons. The van der Waals surface area contributed by atoms with E-state index in [9.17, 15) is 4.79 Å². The zero-order chi connectivity index (χ0) is 23.3. The van der Waals surface area contributed by atoms with E-state index in [1.807, 2.05) is 54.6 Å². The number of rotatable bonds is 6. The number of hydrogen-bond donors (Lipinski definition) is 1. The summed E-state index contributed by atoms with van der Waals surface area (Å²) in [7, 11) is 1.66. The van der Waals surface area contributed by atoms with Gasteiger partial charge in [-0.3, -0.25) is 15.1 Å². The van der Waals surface area contributed by atoms with Crippen molar-refractivity contribution in [1.82, 2.24) is 15.4 Å². The Bertz CT molecular complexity index is 1260. The molecule has 0 aliphatic carbocycles. The van der Waals surface area contributed by atoms with Crippen LogP contribution in [0.3, 0.4) is 0 Å². The average Bonchev–Trinajstić information content (AvgIpc) is 3.17. The Labute approximate surface area is 215 Å². The van der Waals surface area contributed by atoms with Gasteiger partial charge in [-0.15, -0.1) is 12.4 Å². The molecule has 1 saturated heterocycles. The molecule has 1 fully saturated rings. The molecule has 1 aromatic heterocycles. The van der Waals surface area contributed by atoms with Crippen molar-refractivity contribution in [3.8, 4) is 16.9 Å². The minimum atomic E-state index is -0.0640. The topological polar surface area (TPSA) is 57.7 Å². The molecule has 0 bridgehead atoms. The predicted molar refractivity (Wildman–Crippen MR) is 146 cm³/mol. The number of carbonyl (C=O) groups excluding carboxylic acids is 1. The summed E-state index contributed by atoms with van der Waals surface area (Å²) in [6.07, 6.45) is 3.43. The number of amides is 1. The maximum atomic E-state index is 13.7. The summed E-state index contributed by atoms with van der Waals surface area (Å²) >= 11 is 1.53. The number of benzene rings is 3. The first-order valence-corrected chi connectivity index (χ1v) is 12.4. The van der Waals surface area contributed by atoms with Crippen LogP contribution in [0.25, 0.3) is 21.3 Å². The summed E-state index contributed by atoms with van der Waals surface area (Å²) in [5.74, 6) is 0.642. The largest absolute Gasteiger partial charge is 0.494 e. The first kappa shape index (κ1) is 25.1. The summed E-state index contributed by atoms with van der Waals surface area (Å²) in [5, 5.41) is 2.80. The molecule has 1 N–H and O–H groups in total. The zero-order valence-electron chi connectivity index (χ0n) is 19.6. The van der Waals surface area contributed by atoms with Crippen LogP contribution in [0.5, 0.6) is 5.75 Å². The molecule has 1 amide bonds. The quantitative estimate of drug-likeness (QED) is 0.347. The number of nitrogens with one attached hydrogen (secondary N) is 1. The molecule has 4 aromatic rings. The molecule has 6 nitrogen and oxygen atoms in total. The van der Waals surface area contributed by atoms with Crippen molar-refractivity contribution in [3.63, 3.8) is 0 Å². The second-order valence-electron chi connectivity index (χ2n) is 8.33. The standard InChI is InChI=1S/C27H28N4O2S.ClH/c1-33-23-16-15-22(20-11-5-2-6-12-20)25-24(23)29-27(34-25)31(19-30-18-10-4-9-17-28-30)26(32)21-13-7-3-8-14-21;/h2-3,5-8,11-16,28H,4,9-10,17-19H2,1H3;1H. The Morgan fingerprint density at radius 2 is 1.77 bits per heavy atom. The van der Waals surface area contributed by atoms with E-state index in [0.717, 1.165) is 47.3 Å². The number of halogens is 1.